The molecule has 2 N–H and O–H groups in total. The number of halogens is 2. The summed E-state index contributed by atoms with van der Waals surface area (Å²) < 4.78 is 22.3. The van der Waals surface area contributed by atoms with Gasteiger partial charge < -0.3 is 0 Å². The minimum absolute atomic E-state index is 0.0873. The van der Waals surface area contributed by atoms with E-state index in [9.17, 15) is 14.4 Å². The van der Waals surface area contributed by atoms with Gasteiger partial charge in [-0.25, -0.2) is 0 Å². The molecular formula is C14H14I2N2O6. The van der Waals surface area contributed by atoms with Gasteiger partial charge in [0.05, 0.1) is 0 Å². The number of carbonyl (C=O) groups is 3. The van der Waals surface area contributed by atoms with Crippen LogP contribution in [0.2, 0.25) is 0 Å². The zero-order valence-corrected chi connectivity index (χ0v) is 16.9. The normalized spacial score (nSPS) is 38.6. The topological polar surface area (TPSA) is 123 Å². The van der Waals surface area contributed by atoms with Crippen LogP contribution in [-0.4, -0.2) is 37.9 Å². The summed E-state index contributed by atoms with van der Waals surface area (Å²) in [6.07, 6.45) is 1.03. The molecule has 4 aliphatic heterocycles. The summed E-state index contributed by atoms with van der Waals surface area (Å²) in [5.74, 6) is -3.29. The van der Waals surface area contributed by atoms with Gasteiger partial charge in [-0.3, -0.25) is 0 Å². The van der Waals surface area contributed by atoms with Crippen LogP contribution in [-0.2, 0) is 28.6 Å². The second kappa shape index (κ2) is 4.82. The molecule has 0 aromatic heterocycles. The van der Waals surface area contributed by atoms with Gasteiger partial charge in [0.2, 0.25) is 0 Å². The van der Waals surface area contributed by atoms with Gasteiger partial charge in [-0.05, 0) is 0 Å². The van der Waals surface area contributed by atoms with Crippen molar-refractivity contribution < 1.29 is 28.6 Å². The summed E-state index contributed by atoms with van der Waals surface area (Å²) in [4.78, 5) is 37.1. The molecule has 4 fully saturated rings. The van der Waals surface area contributed by atoms with E-state index in [-0.39, 0.29) is 20.1 Å². The zero-order valence-electron chi connectivity index (χ0n) is 12.6. The van der Waals surface area contributed by atoms with E-state index in [0.717, 1.165) is 0 Å². The van der Waals surface area contributed by atoms with Crippen LogP contribution in [0.15, 0.2) is 11.1 Å². The average Bonchev–Trinajstić information content (AvgIpc) is 3.31. The second-order valence-corrected chi connectivity index (χ2v) is 12.1. The van der Waals surface area contributed by atoms with Crippen LogP contribution in [0.5, 0.6) is 0 Å². The molecule has 24 heavy (non-hydrogen) atoms. The number of carbonyl (C=O) groups excluding carboxylic acids is 3. The predicted molar refractivity (Wildman–Crippen MR) is 95.6 cm³/mol. The van der Waals surface area contributed by atoms with Crippen LogP contribution in [0.3, 0.4) is 0 Å². The van der Waals surface area contributed by atoms with Crippen molar-refractivity contribution in [2.24, 2.45) is 11.8 Å². The molecule has 6 rings (SSSR count). The number of hydrogen-bond donors (Lipinski definition) is 2. The Balaban J connectivity index is 1.43. The van der Waals surface area contributed by atoms with Crippen molar-refractivity contribution in [1.29, 1.82) is 0 Å². The molecule has 4 heterocycles. The molecule has 8 nitrogen and oxygen atoms in total. The molecule has 0 aromatic rings. The summed E-state index contributed by atoms with van der Waals surface area (Å²) in [6.45, 7) is 1.95. The van der Waals surface area contributed by atoms with Crippen molar-refractivity contribution in [3.05, 3.63) is 11.1 Å². The Hall–Kier alpha value is -0.470. The first-order valence-corrected chi connectivity index (χ1v) is 12.2. The summed E-state index contributed by atoms with van der Waals surface area (Å²) >= 11 is 0.796. The Morgan fingerprint density at radius 1 is 1.50 bits per heavy atom. The van der Waals surface area contributed by atoms with Crippen LogP contribution < -0.4 is 7.06 Å². The van der Waals surface area contributed by atoms with Crippen molar-refractivity contribution in [3.63, 3.8) is 0 Å². The van der Waals surface area contributed by atoms with E-state index in [4.69, 9.17) is 14.2 Å². The maximum atomic E-state index is 12.6. The SMILES string of the molecule is CCOC(=O)C1=C2C(=O)OC3(OC(=O)C(I)C45NI4N5)CC2CC13. The molecule has 3 saturated heterocycles. The van der Waals surface area contributed by atoms with Crippen molar-refractivity contribution >= 4 is 60.9 Å². The Morgan fingerprint density at radius 2 is 2.21 bits per heavy atom. The number of fused-ring (bicyclic) bond motifs is 2. The number of nitrogens with one attached hydrogen (secondary N) is 2. The number of hydrogen-bond acceptors (Lipinski definition) is 8. The van der Waals surface area contributed by atoms with Gasteiger partial charge >= 0.3 is 159 Å². The molecule has 6 aliphatic rings. The van der Waals surface area contributed by atoms with E-state index < -0.39 is 50.0 Å². The molecule has 2 aliphatic carbocycles. The van der Waals surface area contributed by atoms with E-state index in [0.29, 0.717) is 24.0 Å². The molecule has 0 aromatic carbocycles. The summed E-state index contributed by atoms with van der Waals surface area (Å²) in [5.41, 5.74) is 0.769. The van der Waals surface area contributed by atoms with Crippen molar-refractivity contribution in [2.45, 2.75) is 33.1 Å². The fourth-order valence-corrected chi connectivity index (χ4v) is 11.4. The first-order valence-electron chi connectivity index (χ1n) is 7.69. The zero-order chi connectivity index (χ0) is 16.9. The number of esters is 3. The monoisotopic (exact) mass is 560 g/mol. The van der Waals surface area contributed by atoms with Crippen LogP contribution in [0.1, 0.15) is 19.8 Å². The Kier molecular flexibility index (Phi) is 3.17. The number of ether oxygens (including phenoxy) is 3. The fraction of sp³-hybridized carbons (Fsp3) is 0.643. The van der Waals surface area contributed by atoms with Gasteiger partial charge in [0, 0.05) is 0 Å². The number of rotatable bonds is 5. The van der Waals surface area contributed by atoms with Gasteiger partial charge in [-0.2, -0.15) is 0 Å². The van der Waals surface area contributed by atoms with Gasteiger partial charge in [-0.1, -0.05) is 0 Å². The maximum absolute atomic E-state index is 12.6. The van der Waals surface area contributed by atoms with E-state index in [1.165, 1.54) is 0 Å². The third kappa shape index (κ3) is 1.88. The van der Waals surface area contributed by atoms with Gasteiger partial charge in [0.1, 0.15) is 0 Å². The van der Waals surface area contributed by atoms with Crippen molar-refractivity contribution in [1.82, 2.24) is 7.06 Å². The molecule has 10 heteroatoms. The van der Waals surface area contributed by atoms with Crippen LogP contribution in [0.4, 0.5) is 0 Å². The van der Waals surface area contributed by atoms with Gasteiger partial charge in [0.25, 0.3) is 0 Å². The fourth-order valence-electron chi connectivity index (χ4n) is 4.01. The van der Waals surface area contributed by atoms with E-state index in [1.807, 2.05) is 0 Å². The van der Waals surface area contributed by atoms with E-state index in [2.05, 4.69) is 29.7 Å². The van der Waals surface area contributed by atoms with Crippen LogP contribution >= 0.6 is 43.0 Å². The van der Waals surface area contributed by atoms with Crippen LogP contribution in [0, 0.1) is 11.8 Å². The first-order chi connectivity index (χ1) is 11.4. The number of alkyl halides is 2. The van der Waals surface area contributed by atoms with Gasteiger partial charge in [0.15, 0.2) is 0 Å². The minimum atomic E-state index is -1.34. The molecule has 0 radical (unpaired) electrons. The molecule has 130 valence electrons. The molecule has 4 unspecified atom stereocenters. The third-order valence-corrected chi connectivity index (χ3v) is 12.3. The first kappa shape index (κ1) is 15.8. The Bertz CT molecular complexity index is 733. The van der Waals surface area contributed by atoms with E-state index in [1.54, 1.807) is 6.92 Å². The molecule has 4 bridgehead atoms. The standard InChI is InChI=1S/C14H14I2N2O6/c1-2-22-10(19)8-6-3-5-4-13(6,23-11(20)7(5)8)24-12(21)9(15)14-16(17-14)18-14/h5-6,9,17-18H,2-4H2,1H3. The Morgan fingerprint density at radius 3 is 2.83 bits per heavy atom. The summed E-state index contributed by atoms with van der Waals surface area (Å²) in [7, 11) is 0. The third-order valence-electron chi connectivity index (χ3n) is 5.13. The second-order valence-electron chi connectivity index (χ2n) is 6.41. The summed E-state index contributed by atoms with van der Waals surface area (Å²) in [5, 5.41) is 0. The molecule has 4 atom stereocenters. The Labute approximate surface area is 158 Å². The summed E-state index contributed by atoms with van der Waals surface area (Å²) in [6, 6.07) is 0. The van der Waals surface area contributed by atoms with E-state index >= 15 is 0 Å². The van der Waals surface area contributed by atoms with Gasteiger partial charge in [-0.15, -0.1) is 0 Å². The van der Waals surface area contributed by atoms with Crippen molar-refractivity contribution in [2.75, 3.05) is 6.61 Å². The molecule has 0 spiro atoms. The average molecular weight is 560 g/mol. The molecule has 1 saturated carbocycles. The predicted octanol–water partition coefficient (Wildman–Crippen LogP) is 0.682. The molecular weight excluding hydrogens is 546 g/mol. The molecule has 0 amide bonds. The quantitative estimate of drug-likeness (QED) is 0.126. The van der Waals surface area contributed by atoms with Crippen LogP contribution in [0.25, 0.3) is 0 Å². The van der Waals surface area contributed by atoms with Crippen molar-refractivity contribution in [3.8, 4) is 0 Å².